The molecule has 21 atom stereocenters. The lowest BCUT2D eigenvalue weighted by Gasteiger charge is -2.29. The first-order valence-corrected chi connectivity index (χ1v) is 46.3. The Hall–Kier alpha value is -13.2. The first kappa shape index (κ1) is 121. The van der Waals surface area contributed by atoms with E-state index in [9.17, 15) is 136 Å². The monoisotopic (exact) mass is 2030 g/mol. The number of carbonyl (C=O) groups excluding carboxylic acids is 20. The van der Waals surface area contributed by atoms with Crippen molar-refractivity contribution in [3.05, 3.63) is 22.0 Å². The molecule has 2 fully saturated rings. The number of aliphatic carboxylic acids is 2. The van der Waals surface area contributed by atoms with Gasteiger partial charge in [-0.3, -0.25) is 116 Å². The number of nitrogens with one attached hydrogen (secondary N) is 23. The van der Waals surface area contributed by atoms with Crippen LogP contribution >= 0.6 is 23.5 Å². The van der Waals surface area contributed by atoms with E-state index in [0.717, 1.165) is 30.6 Å². The zero-order valence-corrected chi connectivity index (χ0v) is 81.2. The molecule has 0 saturated carbocycles. The highest BCUT2D eigenvalue weighted by Crippen LogP contribution is 2.76. The van der Waals surface area contributed by atoms with Crippen molar-refractivity contribution >= 4 is 166 Å². The van der Waals surface area contributed by atoms with Gasteiger partial charge in [0.15, 0.2) is 16.9 Å². The number of carboxylic acid groups (broad SMARTS) is 2. The van der Waals surface area contributed by atoms with E-state index in [4.69, 9.17) is 38.9 Å². The number of nitrogens with two attached hydrogens (primary N) is 4. The minimum absolute atomic E-state index is 0.0371. The van der Waals surface area contributed by atoms with Crippen molar-refractivity contribution in [2.75, 3.05) is 45.9 Å². The van der Waals surface area contributed by atoms with Crippen molar-refractivity contribution in [1.29, 1.82) is 10.8 Å². The van der Waals surface area contributed by atoms with Gasteiger partial charge in [0, 0.05) is 29.3 Å². The Morgan fingerprint density at radius 1 is 0.357 bits per heavy atom. The lowest BCUT2D eigenvalue weighted by atomic mass is 9.94. The molecular weight excluding hydrogens is 1890 g/mol. The van der Waals surface area contributed by atoms with Crippen molar-refractivity contribution in [1.82, 2.24) is 112 Å². The van der Waals surface area contributed by atoms with Crippen LogP contribution in [0.1, 0.15) is 154 Å². The molecule has 0 spiro atoms. The molecule has 2 aliphatic heterocycles. The van der Waals surface area contributed by atoms with Gasteiger partial charge in [-0.1, -0.05) is 59.4 Å². The van der Waals surface area contributed by atoms with Crippen molar-refractivity contribution in [2.45, 2.75) is 279 Å². The molecule has 2 saturated heterocycles. The van der Waals surface area contributed by atoms with Crippen LogP contribution in [0.15, 0.2) is 22.0 Å². The van der Waals surface area contributed by atoms with E-state index in [1.807, 2.05) is 22.0 Å². The van der Waals surface area contributed by atoms with Crippen LogP contribution in [0, 0.1) is 28.6 Å². The lowest BCUT2D eigenvalue weighted by Crippen LogP contribution is -2.63. The van der Waals surface area contributed by atoms with Gasteiger partial charge >= 0.3 is 11.9 Å². The second kappa shape index (κ2) is 57.4. The summed E-state index contributed by atoms with van der Waals surface area (Å²) in [6.45, 7) is 12.8. The molecule has 56 nitrogen and oxygen atoms in total. The first-order valence-electron chi connectivity index (χ1n) is 44.6. The maximum absolute atomic E-state index is 14.4. The summed E-state index contributed by atoms with van der Waals surface area (Å²) in [6, 6.07) is -27.2. The smallest absolute Gasteiger partial charge is 0.322 e. The standard InChI is InChI=1S/C82H135N27O29S2/c1-33(2)24-47(72(131)97-38(9)64(123)100-44(16-14-22-89-79(85)86)70(129)101-45(17-15-23-90-80(87)88)71(130)106-51(32-111)75(134)108-59(42(13)113)78(137)109-58(41(12)112)77(136)104-49(26-55(117)118)73(132)96-36(7)62(121)93-30-56(119)120)102-63(122)37(8)94-53(115)28-91-68(127)46(18-19-52(84)114)99-54(116)29-92-69(128)50(31-110)105-74(133)48(25-34(3)4)103-65(124)39(10)98-76(135)57(35(5)6)107-66(125)40(11)95-67(126)43(83)27-81-20-21-82(138)61(140-82)60(81)139-81/h20-21,33-51,57-59,110-113,138H,14-19,22-32,83H2,1-13H3,(H2,84,114)(H,91,127)(H,92,128)(H,93,121)(H,94,115)(H,95,126)(H,96,132)(H,97,131)(H,98,135)(H,99,116)(H,100,123)(H,101,129)(H,102,122)(H,103,124)(H,104,136)(H,105,133)(H,106,130)(H,107,125)(H,108,134)(H,109,137)(H,117,118)(H,119,120)(H4,85,86,89)(H4,87,88,90)/t36-,37-,38-,39-,40-,41+,42+,43-,44-,45-,46-,47-,48-,49-,50-,51-,57-,58-,59-,81?,82?/m0/s1. The van der Waals surface area contributed by atoms with Gasteiger partial charge in [-0.15, -0.1) is 11.8 Å². The third-order valence-corrected chi connectivity index (χ3v) is 23.8. The van der Waals surface area contributed by atoms with E-state index in [1.165, 1.54) is 51.2 Å². The Morgan fingerprint density at radius 3 is 1.14 bits per heavy atom. The second-order valence-electron chi connectivity index (χ2n) is 34.8. The molecule has 2 unspecified atom stereocenters. The van der Waals surface area contributed by atoms with Crippen LogP contribution < -0.4 is 135 Å². The van der Waals surface area contributed by atoms with Gasteiger partial charge in [0.05, 0.1) is 55.7 Å². The van der Waals surface area contributed by atoms with E-state index in [0.29, 0.717) is 0 Å². The maximum Gasteiger partial charge on any atom is 0.322 e. The molecule has 0 radical (unpaired) electrons. The van der Waals surface area contributed by atoms with Gasteiger partial charge < -0.3 is 170 Å². The number of carboxylic acids is 2. The fourth-order valence-electron chi connectivity index (χ4n) is 13.3. The van der Waals surface area contributed by atoms with Gasteiger partial charge in [-0.2, -0.15) is 0 Å². The van der Waals surface area contributed by atoms with Gasteiger partial charge in [0.1, 0.15) is 103 Å². The Morgan fingerprint density at radius 2 is 0.700 bits per heavy atom. The van der Waals surface area contributed by atoms with Gasteiger partial charge in [0.2, 0.25) is 118 Å². The summed E-state index contributed by atoms with van der Waals surface area (Å²) in [7, 11) is 0. The van der Waals surface area contributed by atoms with E-state index < -0.39 is 325 Å². The van der Waals surface area contributed by atoms with Crippen molar-refractivity contribution in [2.24, 2.45) is 40.7 Å². The minimum Gasteiger partial charge on any atom is -0.481 e. The fourth-order valence-corrected chi connectivity index (χ4v) is 15.7. The Kier molecular flexibility index (Phi) is 49.6. The molecule has 0 aromatic heterocycles. The summed E-state index contributed by atoms with van der Waals surface area (Å²) in [5, 5.41) is 135. The lowest BCUT2D eigenvalue weighted by molar-refractivity contribution is -0.142. The number of amides is 20. The minimum atomic E-state index is -2.11. The quantitative estimate of drug-likeness (QED) is 0.00884. The molecule has 3 rings (SSSR count). The Bertz CT molecular complexity index is 4600. The molecule has 2 heterocycles. The summed E-state index contributed by atoms with van der Waals surface area (Å²) >= 11 is 2.79. The van der Waals surface area contributed by atoms with E-state index in [1.54, 1.807) is 47.6 Å². The number of aliphatic hydroxyl groups excluding tert-OH is 4. The molecule has 0 aromatic rings. The van der Waals surface area contributed by atoms with Crippen molar-refractivity contribution in [3.63, 3.8) is 0 Å². The predicted octanol–water partition coefficient (Wildman–Crippen LogP) is -13.5. The van der Waals surface area contributed by atoms with Crippen LogP contribution in [0.4, 0.5) is 0 Å². The third kappa shape index (κ3) is 41.5. The number of carbonyl (C=O) groups is 22. The zero-order chi connectivity index (χ0) is 106. The molecule has 0 bridgehead atoms. The molecule has 38 N–H and O–H groups in total. The number of hydrogen-bond acceptors (Lipinski definition) is 32. The highest BCUT2D eigenvalue weighted by Gasteiger charge is 2.64. The van der Waals surface area contributed by atoms with Gasteiger partial charge in [-0.05, 0) is 124 Å². The van der Waals surface area contributed by atoms with Crippen LogP contribution in [0.3, 0.4) is 0 Å². The summed E-state index contributed by atoms with van der Waals surface area (Å²) in [5.41, 5.74) is 22.5. The van der Waals surface area contributed by atoms with Crippen LogP contribution in [0.2, 0.25) is 0 Å². The van der Waals surface area contributed by atoms with Crippen molar-refractivity contribution < 1.29 is 141 Å². The maximum atomic E-state index is 14.4. The molecular formula is C82H135N27O29S2. The number of rotatable bonds is 63. The van der Waals surface area contributed by atoms with Crippen LogP contribution in [-0.4, -0.2) is 348 Å². The molecule has 0 aromatic carbocycles. The molecule has 58 heteroatoms. The van der Waals surface area contributed by atoms with Gasteiger partial charge in [0.25, 0.3) is 0 Å². The van der Waals surface area contributed by atoms with Crippen LogP contribution in [-0.2, 0) is 105 Å². The number of thioether (sulfide) groups is 2. The van der Waals surface area contributed by atoms with E-state index in [-0.39, 0.29) is 69.9 Å². The summed E-state index contributed by atoms with van der Waals surface area (Å²) < 4.78 is -0.524. The van der Waals surface area contributed by atoms with Crippen molar-refractivity contribution in [3.8, 4) is 0 Å². The average Bonchev–Trinajstić information content (AvgIpc) is 1.51. The molecule has 20 amide bonds. The number of aliphatic hydroxyl groups is 5. The third-order valence-electron chi connectivity index (χ3n) is 21.1. The SMILES string of the molecule is CC(C)C[C@H](NC(=O)[C@H](C)NC(=O)CNC(=O)[C@H](CCC(N)=O)NC(=O)CNC(=O)[C@H](CO)NC(=O)[C@H](CC(C)C)NC(=O)[C@H](C)NC(=O)[C@@H](NC(=O)[C@H](C)NC(=O)[C@@H](N)CC12C=CC3(O)SC3=C1S2)C(C)C)C(=O)N[C@@H](C)C(=O)N[C@@H](CCCNC(=N)N)C(=O)N[C@@H](CCCNC(=N)N)C(=O)N[C@@H](CO)C(=O)N[C@H](C(=O)N[C@H](C(=O)N[C@@H](CC(=O)O)C(=O)N[C@@H](C)C(=O)NCC(=O)O)[C@@H](C)O)[C@@H](C)O. The number of fused-ring (bicyclic) bond motifs is 2. The van der Waals surface area contributed by atoms with Crippen LogP contribution in [0.25, 0.3) is 0 Å². The molecule has 784 valence electrons. The fraction of sp³-hybridized carbons (Fsp3) is 0.659. The normalized spacial score (nSPS) is 18.3. The number of primary amides is 1. The highest BCUT2D eigenvalue weighted by molar-refractivity contribution is 8.18. The molecule has 3 aliphatic rings. The summed E-state index contributed by atoms with van der Waals surface area (Å²) in [4.78, 5) is 294. The Balaban J connectivity index is 1.67. The van der Waals surface area contributed by atoms with E-state index >= 15 is 0 Å². The van der Waals surface area contributed by atoms with Gasteiger partial charge in [-0.25, -0.2) is 0 Å². The Labute approximate surface area is 813 Å². The first-order chi connectivity index (χ1) is 65.2. The zero-order valence-electron chi connectivity index (χ0n) is 79.6. The highest BCUT2D eigenvalue weighted by atomic mass is 32.2. The predicted molar refractivity (Wildman–Crippen MR) is 498 cm³/mol. The summed E-state index contributed by atoms with van der Waals surface area (Å²) in [6.07, 6.45) is -3.19. The second-order valence-corrected chi connectivity index (χ2v) is 37.4. The van der Waals surface area contributed by atoms with E-state index in [2.05, 4.69) is 95.7 Å². The topological polar surface area (TPSA) is 922 Å². The average molecular weight is 2030 g/mol. The molecule has 140 heavy (non-hydrogen) atoms. The summed E-state index contributed by atoms with van der Waals surface area (Å²) in [5.74, 6) is -26.6. The largest absolute Gasteiger partial charge is 0.481 e. The van der Waals surface area contributed by atoms with Crippen LogP contribution in [0.5, 0.6) is 0 Å². The number of guanidine groups is 2. The number of hydrogen-bond donors (Lipinski definition) is 34. The molecule has 1 aliphatic carbocycles.